The van der Waals surface area contributed by atoms with Crippen LogP contribution in [0.2, 0.25) is 0 Å². The number of carbonyl (C=O) groups excluding carboxylic acids is 1. The smallest absolute Gasteiger partial charge is 0.322 e. The molecule has 0 radical (unpaired) electrons. The zero-order chi connectivity index (χ0) is 21.1. The number of nitrogens with one attached hydrogen (secondary N) is 1. The molecule has 1 N–H and O–H groups in total. The van der Waals surface area contributed by atoms with Crippen LogP contribution in [0.1, 0.15) is 12.8 Å². The lowest BCUT2D eigenvalue weighted by molar-refractivity contribution is -0.121. The van der Waals surface area contributed by atoms with Gasteiger partial charge in [0.1, 0.15) is 5.75 Å². The summed E-state index contributed by atoms with van der Waals surface area (Å²) in [7, 11) is -2.21. The average Bonchev–Trinajstić information content (AvgIpc) is 3.46. The number of carbonyl (C=O) groups is 1. The second-order valence-electron chi connectivity index (χ2n) is 6.76. The van der Waals surface area contributed by atoms with Crippen LogP contribution in [0.25, 0.3) is 11.7 Å². The Morgan fingerprint density at radius 3 is 2.73 bits per heavy atom. The highest BCUT2D eigenvalue weighted by Crippen LogP contribution is 2.26. The van der Waals surface area contributed by atoms with Crippen LogP contribution >= 0.6 is 0 Å². The maximum Gasteiger partial charge on any atom is 0.322 e. The molecule has 1 fully saturated rings. The molecule has 1 saturated heterocycles. The van der Waals surface area contributed by atoms with Crippen LogP contribution in [0.15, 0.2) is 56.4 Å². The summed E-state index contributed by atoms with van der Waals surface area (Å²) in [6.07, 6.45) is 2.59. The Balaban J connectivity index is 1.43. The summed E-state index contributed by atoms with van der Waals surface area (Å²) < 4.78 is 42.9. The SMILES string of the molecule is COc1ccc(S(=O)(=O)N2CCCC(C(=O)Nc3nnc(-c4ccco4)o3)C2)cc1. The van der Waals surface area contributed by atoms with Gasteiger partial charge in [-0.1, -0.05) is 5.10 Å². The highest BCUT2D eigenvalue weighted by Gasteiger charge is 2.34. The Morgan fingerprint density at radius 1 is 1.23 bits per heavy atom. The normalized spacial score (nSPS) is 17.6. The number of amides is 1. The minimum absolute atomic E-state index is 0.0680. The Kier molecular flexibility index (Phi) is 5.55. The van der Waals surface area contributed by atoms with Gasteiger partial charge in [-0.05, 0) is 49.2 Å². The van der Waals surface area contributed by atoms with E-state index in [9.17, 15) is 13.2 Å². The summed E-state index contributed by atoms with van der Waals surface area (Å²) >= 11 is 0. The second kappa shape index (κ2) is 8.28. The van der Waals surface area contributed by atoms with E-state index in [0.717, 1.165) is 0 Å². The lowest BCUT2D eigenvalue weighted by atomic mass is 9.99. The topological polar surface area (TPSA) is 128 Å². The molecule has 11 heteroatoms. The number of methoxy groups -OCH3 is 1. The van der Waals surface area contributed by atoms with Gasteiger partial charge in [0.05, 0.1) is 24.2 Å². The van der Waals surface area contributed by atoms with Crippen molar-refractivity contribution in [3.63, 3.8) is 0 Å². The standard InChI is InChI=1S/C19H20N4O6S/c1-27-14-6-8-15(9-7-14)30(25,26)23-10-2-4-13(12-23)17(24)20-19-22-21-18(29-19)16-5-3-11-28-16/h3,5-9,11,13H,2,4,10,12H2,1H3,(H,20,22,24). The Labute approximate surface area is 172 Å². The van der Waals surface area contributed by atoms with E-state index in [1.807, 2.05) is 0 Å². The van der Waals surface area contributed by atoms with Crippen LogP contribution in [0.5, 0.6) is 5.75 Å². The van der Waals surface area contributed by atoms with Gasteiger partial charge >= 0.3 is 6.01 Å². The second-order valence-corrected chi connectivity index (χ2v) is 8.69. The maximum atomic E-state index is 13.0. The van der Waals surface area contributed by atoms with E-state index in [1.165, 1.54) is 29.8 Å². The molecule has 3 heterocycles. The van der Waals surface area contributed by atoms with Gasteiger partial charge in [-0.2, -0.15) is 4.31 Å². The quantitative estimate of drug-likeness (QED) is 0.629. The van der Waals surface area contributed by atoms with Gasteiger partial charge in [0.15, 0.2) is 5.76 Å². The Hall–Kier alpha value is -3.18. The fourth-order valence-electron chi connectivity index (χ4n) is 3.25. The van der Waals surface area contributed by atoms with Crippen LogP contribution in [-0.4, -0.2) is 49.0 Å². The third-order valence-electron chi connectivity index (χ3n) is 4.84. The summed E-state index contributed by atoms with van der Waals surface area (Å²) in [5.74, 6) is 0.184. The van der Waals surface area contributed by atoms with E-state index in [0.29, 0.717) is 30.9 Å². The molecule has 1 atom stereocenters. The van der Waals surface area contributed by atoms with Crippen molar-refractivity contribution in [1.29, 1.82) is 0 Å². The number of hydrogen-bond donors (Lipinski definition) is 1. The lowest BCUT2D eigenvalue weighted by Crippen LogP contribution is -2.43. The first-order valence-corrected chi connectivity index (χ1v) is 10.7. The molecule has 1 unspecified atom stereocenters. The lowest BCUT2D eigenvalue weighted by Gasteiger charge is -2.30. The summed E-state index contributed by atoms with van der Waals surface area (Å²) in [4.78, 5) is 12.8. The van der Waals surface area contributed by atoms with Gasteiger partial charge in [-0.3, -0.25) is 10.1 Å². The molecule has 1 aromatic carbocycles. The molecule has 0 aliphatic carbocycles. The molecule has 158 valence electrons. The molecule has 1 aliphatic heterocycles. The fraction of sp³-hybridized carbons (Fsp3) is 0.316. The van der Waals surface area contributed by atoms with E-state index < -0.39 is 15.9 Å². The zero-order valence-corrected chi connectivity index (χ0v) is 17.0. The molecule has 4 rings (SSSR count). The van der Waals surface area contributed by atoms with Gasteiger partial charge in [0.2, 0.25) is 15.9 Å². The van der Waals surface area contributed by atoms with E-state index in [2.05, 4.69) is 15.5 Å². The van der Waals surface area contributed by atoms with Crippen molar-refractivity contribution in [3.05, 3.63) is 42.7 Å². The number of ether oxygens (including phenoxy) is 1. The van der Waals surface area contributed by atoms with Gasteiger partial charge in [-0.15, -0.1) is 5.10 Å². The summed E-state index contributed by atoms with van der Waals surface area (Å²) in [6.45, 7) is 0.417. The number of furan rings is 1. The molecule has 2 aromatic heterocycles. The van der Waals surface area contributed by atoms with Crippen LogP contribution in [0.4, 0.5) is 6.01 Å². The highest BCUT2D eigenvalue weighted by molar-refractivity contribution is 7.89. The van der Waals surface area contributed by atoms with Crippen molar-refractivity contribution in [3.8, 4) is 17.4 Å². The monoisotopic (exact) mass is 432 g/mol. The van der Waals surface area contributed by atoms with E-state index in [1.54, 1.807) is 24.3 Å². The molecule has 1 amide bonds. The zero-order valence-electron chi connectivity index (χ0n) is 16.1. The number of rotatable bonds is 6. The number of benzene rings is 1. The van der Waals surface area contributed by atoms with Crippen molar-refractivity contribution in [2.24, 2.45) is 5.92 Å². The third-order valence-corrected chi connectivity index (χ3v) is 6.72. The van der Waals surface area contributed by atoms with Gasteiger partial charge in [-0.25, -0.2) is 8.42 Å². The van der Waals surface area contributed by atoms with Gasteiger partial charge in [0, 0.05) is 13.1 Å². The molecule has 0 spiro atoms. The van der Waals surface area contributed by atoms with Crippen LogP contribution in [0, 0.1) is 5.92 Å². The van der Waals surface area contributed by atoms with Crippen LogP contribution in [0.3, 0.4) is 0 Å². The molecular weight excluding hydrogens is 412 g/mol. The summed E-state index contributed by atoms with van der Waals surface area (Å²) in [5.41, 5.74) is 0. The summed E-state index contributed by atoms with van der Waals surface area (Å²) in [5, 5.41) is 10.2. The first-order valence-electron chi connectivity index (χ1n) is 9.30. The predicted molar refractivity (Wildman–Crippen MR) is 105 cm³/mol. The van der Waals surface area contributed by atoms with Gasteiger partial charge < -0.3 is 13.6 Å². The molecule has 3 aromatic rings. The molecular formula is C19H20N4O6S. The van der Waals surface area contributed by atoms with E-state index >= 15 is 0 Å². The van der Waals surface area contributed by atoms with E-state index in [4.69, 9.17) is 13.6 Å². The maximum absolute atomic E-state index is 13.0. The van der Waals surface area contributed by atoms with E-state index in [-0.39, 0.29) is 29.3 Å². The molecule has 10 nitrogen and oxygen atoms in total. The van der Waals surface area contributed by atoms with Crippen molar-refractivity contribution in [2.75, 3.05) is 25.5 Å². The molecule has 1 aliphatic rings. The number of piperidine rings is 1. The van der Waals surface area contributed by atoms with Crippen molar-refractivity contribution in [2.45, 2.75) is 17.7 Å². The Morgan fingerprint density at radius 2 is 2.03 bits per heavy atom. The average molecular weight is 432 g/mol. The predicted octanol–water partition coefficient (Wildman–Crippen LogP) is 2.38. The van der Waals surface area contributed by atoms with Crippen LogP contribution < -0.4 is 10.1 Å². The fourth-order valence-corrected chi connectivity index (χ4v) is 4.78. The van der Waals surface area contributed by atoms with Crippen molar-refractivity contribution in [1.82, 2.24) is 14.5 Å². The largest absolute Gasteiger partial charge is 0.497 e. The highest BCUT2D eigenvalue weighted by atomic mass is 32.2. The van der Waals surface area contributed by atoms with Crippen LogP contribution in [-0.2, 0) is 14.8 Å². The number of sulfonamides is 1. The number of anilines is 1. The third kappa shape index (κ3) is 4.07. The number of hydrogen-bond acceptors (Lipinski definition) is 8. The Bertz CT molecular complexity index is 1110. The molecule has 0 saturated carbocycles. The molecule has 30 heavy (non-hydrogen) atoms. The number of aromatic nitrogens is 2. The summed E-state index contributed by atoms with van der Waals surface area (Å²) in [6, 6.07) is 9.43. The minimum atomic E-state index is -3.72. The number of nitrogens with zero attached hydrogens (tertiary/aromatic N) is 3. The minimum Gasteiger partial charge on any atom is -0.497 e. The van der Waals surface area contributed by atoms with Crippen molar-refractivity contribution < 1.29 is 26.8 Å². The molecule has 0 bridgehead atoms. The first-order chi connectivity index (χ1) is 14.5. The van der Waals surface area contributed by atoms with Crippen molar-refractivity contribution >= 4 is 21.9 Å². The first kappa shape index (κ1) is 20.1. The van der Waals surface area contributed by atoms with Gasteiger partial charge in [0.25, 0.3) is 5.89 Å².